The Hall–Kier alpha value is -3.48. The van der Waals surface area contributed by atoms with Crippen LogP contribution >= 0.6 is 0 Å². The molecule has 0 atom stereocenters. The maximum atomic E-state index is 12.2. The van der Waals surface area contributed by atoms with Gasteiger partial charge in [-0.2, -0.15) is 0 Å². The number of amides is 2. The number of anilines is 1. The summed E-state index contributed by atoms with van der Waals surface area (Å²) in [5.41, 5.74) is 0.934. The Morgan fingerprint density at radius 3 is 2.42 bits per heavy atom. The second-order valence-corrected chi connectivity index (χ2v) is 5.81. The van der Waals surface area contributed by atoms with E-state index in [4.69, 9.17) is 0 Å². The zero-order valence-electron chi connectivity index (χ0n) is 14.4. The van der Waals surface area contributed by atoms with E-state index >= 15 is 0 Å². The third-order valence-corrected chi connectivity index (χ3v) is 3.40. The van der Waals surface area contributed by atoms with Crippen LogP contribution < -0.4 is 10.6 Å². The standard InChI is InChI=1S/C19H19N3O4/c1-13(2)20-19(24)15-8-4-5-9-16(15)21-18(23)12-11-14-7-3-6-10-17(14)22(25)26/h3-13H,1-2H3,(H,20,24)(H,21,23)/b12-11+. The van der Waals surface area contributed by atoms with Gasteiger partial charge in [0.15, 0.2) is 0 Å². The molecule has 26 heavy (non-hydrogen) atoms. The number of rotatable bonds is 6. The lowest BCUT2D eigenvalue weighted by Gasteiger charge is -2.12. The SMILES string of the molecule is CC(C)NC(=O)c1ccccc1NC(=O)/C=C/c1ccccc1[N+](=O)[O-]. The number of para-hydroxylation sites is 2. The zero-order chi connectivity index (χ0) is 19.1. The monoisotopic (exact) mass is 353 g/mol. The average Bonchev–Trinajstić information content (AvgIpc) is 2.60. The van der Waals surface area contributed by atoms with Crippen molar-refractivity contribution in [2.24, 2.45) is 0 Å². The van der Waals surface area contributed by atoms with Gasteiger partial charge in [0.1, 0.15) is 0 Å². The van der Waals surface area contributed by atoms with E-state index in [1.807, 2.05) is 13.8 Å². The van der Waals surface area contributed by atoms with Crippen molar-refractivity contribution in [3.8, 4) is 0 Å². The highest BCUT2D eigenvalue weighted by Gasteiger charge is 2.13. The molecule has 2 amide bonds. The first-order valence-electron chi connectivity index (χ1n) is 8.01. The lowest BCUT2D eigenvalue weighted by molar-refractivity contribution is -0.385. The van der Waals surface area contributed by atoms with E-state index in [0.29, 0.717) is 16.8 Å². The van der Waals surface area contributed by atoms with E-state index in [1.165, 1.54) is 18.2 Å². The fraction of sp³-hybridized carbons (Fsp3) is 0.158. The predicted molar refractivity (Wildman–Crippen MR) is 99.8 cm³/mol. The molecular formula is C19H19N3O4. The second-order valence-electron chi connectivity index (χ2n) is 5.81. The molecular weight excluding hydrogens is 334 g/mol. The summed E-state index contributed by atoms with van der Waals surface area (Å²) in [6.45, 7) is 3.68. The molecule has 7 heteroatoms. The zero-order valence-corrected chi connectivity index (χ0v) is 14.4. The van der Waals surface area contributed by atoms with Crippen molar-refractivity contribution in [2.45, 2.75) is 19.9 Å². The summed E-state index contributed by atoms with van der Waals surface area (Å²) >= 11 is 0. The molecule has 0 saturated heterocycles. The minimum absolute atomic E-state index is 0.0372. The van der Waals surface area contributed by atoms with Crippen LogP contribution in [0.25, 0.3) is 6.08 Å². The Kier molecular flexibility index (Phi) is 6.21. The molecule has 0 heterocycles. The molecule has 0 spiro atoms. The van der Waals surface area contributed by atoms with Gasteiger partial charge in [0.2, 0.25) is 5.91 Å². The van der Waals surface area contributed by atoms with Gasteiger partial charge in [-0.1, -0.05) is 24.3 Å². The number of nitro groups is 1. The largest absolute Gasteiger partial charge is 0.350 e. The van der Waals surface area contributed by atoms with Crippen LogP contribution in [-0.2, 0) is 4.79 Å². The summed E-state index contributed by atoms with van der Waals surface area (Å²) in [6.07, 6.45) is 2.56. The molecule has 2 rings (SSSR count). The average molecular weight is 353 g/mol. The van der Waals surface area contributed by atoms with Crippen molar-refractivity contribution in [2.75, 3.05) is 5.32 Å². The second kappa shape index (κ2) is 8.57. The number of hydrogen-bond acceptors (Lipinski definition) is 4. The van der Waals surface area contributed by atoms with Crippen LogP contribution in [0.1, 0.15) is 29.8 Å². The van der Waals surface area contributed by atoms with Gasteiger partial charge >= 0.3 is 0 Å². The normalized spacial score (nSPS) is 10.7. The van der Waals surface area contributed by atoms with Crippen molar-refractivity contribution in [3.05, 3.63) is 75.8 Å². The van der Waals surface area contributed by atoms with E-state index < -0.39 is 10.8 Å². The summed E-state index contributed by atoms with van der Waals surface area (Å²) in [7, 11) is 0. The lowest BCUT2D eigenvalue weighted by Crippen LogP contribution is -2.30. The smallest absolute Gasteiger partial charge is 0.276 e. The van der Waals surface area contributed by atoms with Crippen LogP contribution in [0, 0.1) is 10.1 Å². The van der Waals surface area contributed by atoms with Crippen molar-refractivity contribution >= 4 is 29.3 Å². The predicted octanol–water partition coefficient (Wildman–Crippen LogP) is 3.38. The number of carbonyl (C=O) groups is 2. The highest BCUT2D eigenvalue weighted by molar-refractivity contribution is 6.07. The Labute approximate surface area is 150 Å². The molecule has 0 unspecified atom stereocenters. The van der Waals surface area contributed by atoms with Gasteiger partial charge in [-0.3, -0.25) is 19.7 Å². The minimum Gasteiger partial charge on any atom is -0.350 e. The molecule has 0 aliphatic heterocycles. The van der Waals surface area contributed by atoms with Gasteiger partial charge in [0.05, 0.1) is 21.7 Å². The number of nitrogens with zero attached hydrogens (tertiary/aromatic N) is 1. The Morgan fingerprint density at radius 1 is 1.08 bits per heavy atom. The van der Waals surface area contributed by atoms with E-state index in [0.717, 1.165) is 0 Å². The molecule has 0 aliphatic rings. The van der Waals surface area contributed by atoms with Gasteiger partial charge in [-0.05, 0) is 38.1 Å². The fourth-order valence-electron chi connectivity index (χ4n) is 2.26. The number of benzene rings is 2. The van der Waals surface area contributed by atoms with E-state index in [1.54, 1.807) is 42.5 Å². The molecule has 0 bridgehead atoms. The Bertz CT molecular complexity index is 859. The third-order valence-electron chi connectivity index (χ3n) is 3.40. The van der Waals surface area contributed by atoms with Crippen molar-refractivity contribution in [1.82, 2.24) is 5.32 Å². The maximum Gasteiger partial charge on any atom is 0.276 e. The quantitative estimate of drug-likeness (QED) is 0.472. The summed E-state index contributed by atoms with van der Waals surface area (Å²) in [5.74, 6) is -0.786. The van der Waals surface area contributed by atoms with Crippen molar-refractivity contribution < 1.29 is 14.5 Å². The van der Waals surface area contributed by atoms with E-state index in [-0.39, 0.29) is 17.6 Å². The first-order valence-corrected chi connectivity index (χ1v) is 8.01. The molecule has 7 nitrogen and oxygen atoms in total. The summed E-state index contributed by atoms with van der Waals surface area (Å²) in [4.78, 5) is 34.8. The first kappa shape index (κ1) is 18.9. The van der Waals surface area contributed by atoms with Gasteiger partial charge in [0, 0.05) is 18.2 Å². The molecule has 0 saturated carbocycles. The van der Waals surface area contributed by atoms with E-state index in [2.05, 4.69) is 10.6 Å². The highest BCUT2D eigenvalue weighted by Crippen LogP contribution is 2.19. The summed E-state index contributed by atoms with van der Waals surface area (Å²) < 4.78 is 0. The molecule has 2 aromatic rings. The topological polar surface area (TPSA) is 101 Å². The van der Waals surface area contributed by atoms with Crippen LogP contribution in [0.15, 0.2) is 54.6 Å². The number of nitrogens with one attached hydrogen (secondary N) is 2. The van der Waals surface area contributed by atoms with Gasteiger partial charge in [0.25, 0.3) is 11.6 Å². The molecule has 134 valence electrons. The Balaban J connectivity index is 2.16. The number of carbonyl (C=O) groups excluding carboxylic acids is 2. The highest BCUT2D eigenvalue weighted by atomic mass is 16.6. The van der Waals surface area contributed by atoms with Crippen molar-refractivity contribution in [3.63, 3.8) is 0 Å². The fourth-order valence-corrected chi connectivity index (χ4v) is 2.26. The lowest BCUT2D eigenvalue weighted by atomic mass is 10.1. The van der Waals surface area contributed by atoms with Crippen LogP contribution in [0.4, 0.5) is 11.4 Å². The molecule has 0 fully saturated rings. The van der Waals surface area contributed by atoms with E-state index in [9.17, 15) is 19.7 Å². The molecule has 0 radical (unpaired) electrons. The van der Waals surface area contributed by atoms with Crippen LogP contribution in [0.3, 0.4) is 0 Å². The molecule has 0 aromatic heterocycles. The van der Waals surface area contributed by atoms with Crippen LogP contribution in [0.2, 0.25) is 0 Å². The summed E-state index contributed by atoms with van der Waals surface area (Å²) in [5, 5.41) is 16.4. The molecule has 0 aliphatic carbocycles. The molecule has 2 N–H and O–H groups in total. The van der Waals surface area contributed by atoms with Gasteiger partial charge in [-0.15, -0.1) is 0 Å². The first-order chi connectivity index (χ1) is 12.4. The Morgan fingerprint density at radius 2 is 1.73 bits per heavy atom. The third kappa shape index (κ3) is 5.01. The number of nitro benzene ring substituents is 1. The van der Waals surface area contributed by atoms with Crippen LogP contribution in [0.5, 0.6) is 0 Å². The van der Waals surface area contributed by atoms with Gasteiger partial charge in [-0.25, -0.2) is 0 Å². The van der Waals surface area contributed by atoms with Crippen molar-refractivity contribution in [1.29, 1.82) is 0 Å². The van der Waals surface area contributed by atoms with Crippen LogP contribution in [-0.4, -0.2) is 22.8 Å². The van der Waals surface area contributed by atoms with Gasteiger partial charge < -0.3 is 10.6 Å². The summed E-state index contributed by atoms with van der Waals surface area (Å²) in [6, 6.07) is 12.7. The number of hydrogen-bond donors (Lipinski definition) is 2. The maximum absolute atomic E-state index is 12.2. The minimum atomic E-state index is -0.511. The molecule has 2 aromatic carbocycles.